The second kappa shape index (κ2) is 9.99. The largest absolute Gasteiger partial charge is 0.472 e. The van der Waals surface area contributed by atoms with Gasteiger partial charge in [-0.25, -0.2) is 19.3 Å². The van der Waals surface area contributed by atoms with Crippen molar-refractivity contribution in [1.29, 1.82) is 0 Å². The van der Waals surface area contributed by atoms with Gasteiger partial charge in [0, 0.05) is 12.8 Å². The van der Waals surface area contributed by atoms with Gasteiger partial charge in [0.1, 0.15) is 43.4 Å². The van der Waals surface area contributed by atoms with Gasteiger partial charge in [-0.05, 0) is 0 Å². The third-order valence-electron chi connectivity index (χ3n) is 5.95. The molecule has 37 heavy (non-hydrogen) atoms. The predicted octanol–water partition coefficient (Wildman–Crippen LogP) is -2.22. The lowest BCUT2D eigenvalue weighted by Gasteiger charge is -2.21. The van der Waals surface area contributed by atoms with E-state index in [0.29, 0.717) is 0 Å². The number of aromatic nitrogens is 7. The van der Waals surface area contributed by atoms with Crippen LogP contribution in [0.25, 0.3) is 11.2 Å². The summed E-state index contributed by atoms with van der Waals surface area (Å²) in [5, 5.41) is 20.0. The summed E-state index contributed by atoms with van der Waals surface area (Å²) >= 11 is 0. The number of nitrogens with two attached hydrogens (primary N) is 1. The highest BCUT2D eigenvalue weighted by Crippen LogP contribution is 2.49. The molecule has 3 aromatic heterocycles. The smallest absolute Gasteiger partial charge is 0.394 e. The van der Waals surface area contributed by atoms with Gasteiger partial charge in [0.15, 0.2) is 11.2 Å². The van der Waals surface area contributed by atoms with Gasteiger partial charge in [0.2, 0.25) is 5.95 Å². The minimum atomic E-state index is -4.73. The standard InChI is InChI=1S/C18H23N8O10P/c19-17-23-15-14(16(29)24-17)22-7-25(15)12-1-8(28)11(35-12)4-33-37(31,32)36-9-2-13(34-10(9)3-27)26-6-20-5-21-18(26)30/h5-13,27-28H,1-4H2,(H,31,32)(H3,19,23,24,29)/t8-,9?,10-,11-,12-,13-/m1/s1. The van der Waals surface area contributed by atoms with Crippen LogP contribution in [0.3, 0.4) is 0 Å². The number of nitrogens with one attached hydrogen (secondary N) is 1. The van der Waals surface area contributed by atoms with Crippen molar-refractivity contribution in [1.82, 2.24) is 34.1 Å². The first kappa shape index (κ1) is 25.6. The molecule has 6 N–H and O–H groups in total. The van der Waals surface area contributed by atoms with Gasteiger partial charge in [0.25, 0.3) is 5.56 Å². The number of phosphoric acid groups is 1. The van der Waals surface area contributed by atoms with E-state index in [1.807, 2.05) is 0 Å². The van der Waals surface area contributed by atoms with Gasteiger partial charge in [-0.3, -0.25) is 28.0 Å². The Morgan fingerprint density at radius 1 is 1.16 bits per heavy atom. The fourth-order valence-electron chi connectivity index (χ4n) is 4.20. The molecule has 2 aliphatic heterocycles. The number of anilines is 1. The summed E-state index contributed by atoms with van der Waals surface area (Å²) in [6.45, 7) is -1.09. The van der Waals surface area contributed by atoms with Crippen molar-refractivity contribution >= 4 is 24.9 Å². The Labute approximate surface area is 206 Å². The minimum Gasteiger partial charge on any atom is -0.394 e. The normalized spacial score (nSPS) is 29.6. The molecule has 2 saturated heterocycles. The molecule has 5 heterocycles. The summed E-state index contributed by atoms with van der Waals surface area (Å²) in [6, 6.07) is 0. The number of nitrogens with zero attached hydrogens (tertiary/aromatic N) is 6. The number of hydrogen-bond donors (Lipinski definition) is 5. The fourth-order valence-corrected chi connectivity index (χ4v) is 5.16. The van der Waals surface area contributed by atoms with Gasteiger partial charge in [-0.2, -0.15) is 9.97 Å². The highest BCUT2D eigenvalue weighted by molar-refractivity contribution is 7.47. The van der Waals surface area contributed by atoms with Crippen molar-refractivity contribution in [2.24, 2.45) is 0 Å². The summed E-state index contributed by atoms with van der Waals surface area (Å²) in [7, 11) is -4.73. The lowest BCUT2D eigenvalue weighted by Crippen LogP contribution is -2.29. The number of ether oxygens (including phenoxy) is 2. The van der Waals surface area contributed by atoms with E-state index in [0.717, 1.165) is 10.9 Å². The van der Waals surface area contributed by atoms with Crippen molar-refractivity contribution in [3.63, 3.8) is 0 Å². The molecule has 0 amide bonds. The van der Waals surface area contributed by atoms with E-state index in [-0.39, 0.29) is 30.0 Å². The van der Waals surface area contributed by atoms with Crippen LogP contribution in [-0.4, -0.2) is 86.8 Å². The first-order chi connectivity index (χ1) is 17.6. The van der Waals surface area contributed by atoms with Crippen LogP contribution in [0.15, 0.2) is 28.6 Å². The lowest BCUT2D eigenvalue weighted by atomic mass is 10.2. The fraction of sp³-hybridized carbons (Fsp3) is 0.556. The van der Waals surface area contributed by atoms with Gasteiger partial charge < -0.3 is 30.3 Å². The number of fused-ring (bicyclic) bond motifs is 1. The maximum atomic E-state index is 12.6. The number of aliphatic hydroxyl groups is 2. The van der Waals surface area contributed by atoms with E-state index in [2.05, 4.69) is 24.9 Å². The van der Waals surface area contributed by atoms with Crippen LogP contribution in [0.5, 0.6) is 0 Å². The average molecular weight is 542 g/mol. The molecule has 19 heteroatoms. The third-order valence-corrected chi connectivity index (χ3v) is 6.97. The maximum Gasteiger partial charge on any atom is 0.472 e. The average Bonchev–Trinajstić information content (AvgIpc) is 3.54. The Bertz CT molecular complexity index is 1440. The topological polar surface area (TPSA) is 252 Å². The second-order valence-electron chi connectivity index (χ2n) is 8.36. The molecule has 2 fully saturated rings. The van der Waals surface area contributed by atoms with Crippen molar-refractivity contribution < 1.29 is 38.2 Å². The Hall–Kier alpha value is -3.09. The second-order valence-corrected chi connectivity index (χ2v) is 9.77. The van der Waals surface area contributed by atoms with E-state index in [1.54, 1.807) is 0 Å². The first-order valence-electron chi connectivity index (χ1n) is 11.0. The molecule has 0 radical (unpaired) electrons. The highest BCUT2D eigenvalue weighted by Gasteiger charge is 2.43. The zero-order chi connectivity index (χ0) is 26.3. The number of hydrogen-bond acceptors (Lipinski definition) is 14. The quantitative estimate of drug-likeness (QED) is 0.189. The van der Waals surface area contributed by atoms with Gasteiger partial charge in [-0.1, -0.05) is 0 Å². The van der Waals surface area contributed by atoms with E-state index in [9.17, 15) is 29.3 Å². The molecule has 7 atom stereocenters. The maximum absolute atomic E-state index is 12.6. The summed E-state index contributed by atoms with van der Waals surface area (Å²) in [4.78, 5) is 51.8. The zero-order valence-corrected chi connectivity index (χ0v) is 19.8. The number of rotatable bonds is 8. The lowest BCUT2D eigenvalue weighted by molar-refractivity contribution is -0.0565. The first-order valence-corrected chi connectivity index (χ1v) is 12.5. The predicted molar refractivity (Wildman–Crippen MR) is 120 cm³/mol. The molecule has 5 rings (SSSR count). The van der Waals surface area contributed by atoms with Crippen LogP contribution in [-0.2, 0) is 23.1 Å². The number of phosphoric ester groups is 1. The van der Waals surface area contributed by atoms with Gasteiger partial charge >= 0.3 is 13.5 Å². The monoisotopic (exact) mass is 542 g/mol. The van der Waals surface area contributed by atoms with Gasteiger partial charge in [0.05, 0.1) is 25.6 Å². The molecule has 3 aromatic rings. The SMILES string of the molecule is Nc1nc2c(ncn2[C@H]2C[C@@H](O)[C@@H](COP(=O)(O)OC3C[C@H](n4cncnc4=O)O[C@@H]3CO)O2)c(=O)[nH]1. The van der Waals surface area contributed by atoms with E-state index in [4.69, 9.17) is 24.3 Å². The van der Waals surface area contributed by atoms with Crippen LogP contribution in [0.1, 0.15) is 25.3 Å². The number of aliphatic hydroxyl groups excluding tert-OH is 2. The Balaban J connectivity index is 1.22. The summed E-state index contributed by atoms with van der Waals surface area (Å²) in [5.41, 5.74) is 4.57. The van der Waals surface area contributed by atoms with Crippen molar-refractivity contribution in [3.8, 4) is 0 Å². The van der Waals surface area contributed by atoms with E-state index >= 15 is 0 Å². The van der Waals surface area contributed by atoms with E-state index < -0.39 is 69.2 Å². The third kappa shape index (κ3) is 5.18. The summed E-state index contributed by atoms with van der Waals surface area (Å²) < 4.78 is 36.7. The molecular formula is C18H23N8O10P. The summed E-state index contributed by atoms with van der Waals surface area (Å²) in [6.07, 6.45) is -2.49. The number of imidazole rings is 1. The highest BCUT2D eigenvalue weighted by atomic mass is 31.2. The van der Waals surface area contributed by atoms with Crippen LogP contribution >= 0.6 is 7.82 Å². The van der Waals surface area contributed by atoms with Crippen molar-refractivity contribution in [2.75, 3.05) is 18.9 Å². The van der Waals surface area contributed by atoms with Crippen LogP contribution in [0.2, 0.25) is 0 Å². The molecule has 200 valence electrons. The number of nitrogen functional groups attached to an aromatic ring is 1. The number of aromatic amines is 1. The van der Waals surface area contributed by atoms with Crippen molar-refractivity contribution in [2.45, 2.75) is 49.7 Å². The molecule has 0 aliphatic carbocycles. The summed E-state index contributed by atoms with van der Waals surface area (Å²) in [5.74, 6) is -0.125. The van der Waals surface area contributed by atoms with Gasteiger partial charge in [-0.15, -0.1) is 0 Å². The Morgan fingerprint density at radius 3 is 2.68 bits per heavy atom. The molecule has 0 aromatic carbocycles. The van der Waals surface area contributed by atoms with Crippen LogP contribution in [0, 0.1) is 0 Å². The molecule has 0 spiro atoms. The number of H-pyrrole nitrogens is 1. The Morgan fingerprint density at radius 2 is 1.92 bits per heavy atom. The molecule has 0 bridgehead atoms. The van der Waals surface area contributed by atoms with E-state index in [1.165, 1.54) is 17.2 Å². The molecular weight excluding hydrogens is 519 g/mol. The van der Waals surface area contributed by atoms with Crippen molar-refractivity contribution in [3.05, 3.63) is 39.8 Å². The molecule has 2 aliphatic rings. The minimum absolute atomic E-state index is 0.0279. The molecule has 18 nitrogen and oxygen atoms in total. The van der Waals surface area contributed by atoms with Crippen LogP contribution in [0.4, 0.5) is 5.95 Å². The Kier molecular flexibility index (Phi) is 6.90. The zero-order valence-electron chi connectivity index (χ0n) is 18.9. The van der Waals surface area contributed by atoms with Crippen LogP contribution < -0.4 is 17.0 Å². The molecule has 2 unspecified atom stereocenters. The molecule has 0 saturated carbocycles.